The van der Waals surface area contributed by atoms with E-state index in [9.17, 15) is 14.4 Å². The Labute approximate surface area is 433 Å². The first-order valence-corrected chi connectivity index (χ1v) is 29.6. The van der Waals surface area contributed by atoms with Crippen molar-refractivity contribution >= 4 is 17.9 Å². The molecule has 0 rings (SSSR count). The summed E-state index contributed by atoms with van der Waals surface area (Å²) in [4.78, 5) is 38.1. The Morgan fingerprint density at radius 3 is 0.886 bits per heavy atom. The van der Waals surface area contributed by atoms with Crippen molar-refractivity contribution in [3.8, 4) is 0 Å². The lowest BCUT2D eigenvalue weighted by Gasteiger charge is -2.18. The molecule has 0 spiro atoms. The van der Waals surface area contributed by atoms with Crippen LogP contribution in [0.3, 0.4) is 0 Å². The SMILES string of the molecule is CC/C=C\C/C=C\C/C=C\C/C=C\C/C=C\CCCCCC(=O)OC(COC(=O)CCCCCCCCCCCC)COC(=O)CCCCCCCCCCCCC/C=C\C/C=C\CCCCCCC. The Hall–Kier alpha value is -3.41. The molecule has 0 bridgehead atoms. The van der Waals surface area contributed by atoms with Gasteiger partial charge < -0.3 is 14.2 Å². The van der Waals surface area contributed by atoms with Crippen LogP contribution in [0.15, 0.2) is 85.1 Å². The third-order valence-corrected chi connectivity index (χ3v) is 12.6. The first kappa shape index (κ1) is 66.6. The van der Waals surface area contributed by atoms with Crippen molar-refractivity contribution in [2.24, 2.45) is 0 Å². The maximum absolute atomic E-state index is 12.8. The fourth-order valence-electron chi connectivity index (χ4n) is 8.21. The van der Waals surface area contributed by atoms with Gasteiger partial charge >= 0.3 is 17.9 Å². The molecule has 402 valence electrons. The molecule has 6 nitrogen and oxygen atoms in total. The number of allylic oxidation sites excluding steroid dienone is 14. The number of unbranched alkanes of at least 4 members (excludes halogenated alkanes) is 28. The predicted molar refractivity (Wildman–Crippen MR) is 302 cm³/mol. The summed E-state index contributed by atoms with van der Waals surface area (Å²) in [6.07, 6.45) is 75.8. The number of hydrogen-bond acceptors (Lipinski definition) is 6. The van der Waals surface area contributed by atoms with Crippen LogP contribution in [0.4, 0.5) is 0 Å². The number of carbonyl (C=O) groups excluding carboxylic acids is 3. The summed E-state index contributed by atoms with van der Waals surface area (Å²) in [7, 11) is 0. The Kier molecular flexibility index (Phi) is 55.3. The van der Waals surface area contributed by atoms with Gasteiger partial charge in [0.1, 0.15) is 13.2 Å². The van der Waals surface area contributed by atoms with Crippen LogP contribution < -0.4 is 0 Å². The van der Waals surface area contributed by atoms with Crippen molar-refractivity contribution < 1.29 is 28.6 Å². The molecule has 0 aromatic carbocycles. The standard InChI is InChI=1S/C64H110O6/c1-4-7-10-13-16-19-22-24-26-28-30-31-32-33-35-36-38-40-42-45-48-51-54-57-63(66)69-60-61(59-68-62(65)56-53-50-47-44-21-18-15-12-9-6-3)70-64(67)58-55-52-49-46-43-41-39-37-34-29-27-25-23-20-17-14-11-8-5-2/h8,11,17,20,22,24-25,27-28,30,34,37,41,43,61H,4-7,9-10,12-16,18-19,21,23,26,29,31-33,35-36,38-40,42,44-60H2,1-3H3/b11-8-,20-17-,24-22-,27-25-,30-28-,37-34-,43-41-. The maximum atomic E-state index is 12.8. The summed E-state index contributed by atoms with van der Waals surface area (Å²) in [6, 6.07) is 0. The van der Waals surface area contributed by atoms with Gasteiger partial charge in [0, 0.05) is 19.3 Å². The number of hydrogen-bond donors (Lipinski definition) is 0. The minimum Gasteiger partial charge on any atom is -0.462 e. The molecule has 0 aliphatic heterocycles. The lowest BCUT2D eigenvalue weighted by molar-refractivity contribution is -0.167. The second-order valence-electron chi connectivity index (χ2n) is 19.5. The first-order valence-electron chi connectivity index (χ1n) is 29.6. The Morgan fingerprint density at radius 1 is 0.300 bits per heavy atom. The molecule has 6 heteroatoms. The van der Waals surface area contributed by atoms with E-state index in [0.717, 1.165) is 103 Å². The van der Waals surface area contributed by atoms with Crippen molar-refractivity contribution in [1.82, 2.24) is 0 Å². The monoisotopic (exact) mass is 975 g/mol. The molecular weight excluding hydrogens is 865 g/mol. The van der Waals surface area contributed by atoms with Gasteiger partial charge in [-0.05, 0) is 96.3 Å². The van der Waals surface area contributed by atoms with Crippen molar-refractivity contribution in [3.05, 3.63) is 85.1 Å². The van der Waals surface area contributed by atoms with E-state index < -0.39 is 6.10 Å². The summed E-state index contributed by atoms with van der Waals surface area (Å²) >= 11 is 0. The molecule has 0 fully saturated rings. The van der Waals surface area contributed by atoms with Crippen LogP contribution in [0, 0.1) is 0 Å². The molecule has 0 amide bonds. The molecular formula is C64H110O6. The summed E-state index contributed by atoms with van der Waals surface area (Å²) in [5, 5.41) is 0. The van der Waals surface area contributed by atoms with E-state index >= 15 is 0 Å². The third-order valence-electron chi connectivity index (χ3n) is 12.6. The van der Waals surface area contributed by atoms with Crippen LogP contribution in [0.5, 0.6) is 0 Å². The molecule has 0 aromatic heterocycles. The second kappa shape index (κ2) is 58.2. The molecule has 0 saturated carbocycles. The van der Waals surface area contributed by atoms with Gasteiger partial charge in [0.15, 0.2) is 6.10 Å². The number of carbonyl (C=O) groups is 3. The van der Waals surface area contributed by atoms with Gasteiger partial charge in [0.25, 0.3) is 0 Å². The molecule has 1 atom stereocenters. The highest BCUT2D eigenvalue weighted by Gasteiger charge is 2.19. The summed E-state index contributed by atoms with van der Waals surface area (Å²) in [6.45, 7) is 6.49. The van der Waals surface area contributed by atoms with Crippen LogP contribution in [0.1, 0.15) is 284 Å². The molecule has 0 aliphatic carbocycles. The number of rotatable bonds is 53. The zero-order valence-corrected chi connectivity index (χ0v) is 46.0. The second-order valence-corrected chi connectivity index (χ2v) is 19.5. The highest BCUT2D eigenvalue weighted by molar-refractivity contribution is 5.71. The van der Waals surface area contributed by atoms with E-state index in [1.807, 2.05) is 0 Å². The van der Waals surface area contributed by atoms with E-state index in [1.54, 1.807) is 0 Å². The zero-order chi connectivity index (χ0) is 50.7. The highest BCUT2D eigenvalue weighted by Crippen LogP contribution is 2.15. The highest BCUT2D eigenvalue weighted by atomic mass is 16.6. The average molecular weight is 976 g/mol. The van der Waals surface area contributed by atoms with E-state index in [1.165, 1.54) is 141 Å². The number of ether oxygens (including phenoxy) is 3. The lowest BCUT2D eigenvalue weighted by Crippen LogP contribution is -2.30. The minimum absolute atomic E-state index is 0.0888. The Morgan fingerprint density at radius 2 is 0.557 bits per heavy atom. The molecule has 0 N–H and O–H groups in total. The van der Waals surface area contributed by atoms with Gasteiger partial charge in [-0.2, -0.15) is 0 Å². The van der Waals surface area contributed by atoms with E-state index in [2.05, 4.69) is 106 Å². The van der Waals surface area contributed by atoms with Gasteiger partial charge in [-0.3, -0.25) is 14.4 Å². The van der Waals surface area contributed by atoms with Crippen molar-refractivity contribution in [1.29, 1.82) is 0 Å². The van der Waals surface area contributed by atoms with Gasteiger partial charge in [0.2, 0.25) is 0 Å². The van der Waals surface area contributed by atoms with Gasteiger partial charge in [-0.1, -0.05) is 254 Å². The summed E-state index contributed by atoms with van der Waals surface area (Å²) < 4.78 is 16.8. The molecule has 0 aromatic rings. The first-order chi connectivity index (χ1) is 34.5. The van der Waals surface area contributed by atoms with Crippen LogP contribution in [-0.4, -0.2) is 37.2 Å². The quantitative estimate of drug-likeness (QED) is 0.0261. The lowest BCUT2D eigenvalue weighted by atomic mass is 10.0. The molecule has 0 saturated heterocycles. The van der Waals surface area contributed by atoms with E-state index in [-0.39, 0.29) is 37.5 Å². The topological polar surface area (TPSA) is 78.9 Å². The fourth-order valence-corrected chi connectivity index (χ4v) is 8.21. The normalized spacial score (nSPS) is 12.7. The van der Waals surface area contributed by atoms with E-state index in [0.29, 0.717) is 12.8 Å². The summed E-state index contributed by atoms with van der Waals surface area (Å²) in [5.74, 6) is -0.918. The van der Waals surface area contributed by atoms with Crippen LogP contribution in [0.25, 0.3) is 0 Å². The average Bonchev–Trinajstić information content (AvgIpc) is 3.36. The Bertz CT molecular complexity index is 1350. The fraction of sp³-hybridized carbons (Fsp3) is 0.734. The molecule has 0 aliphatic rings. The predicted octanol–water partition coefficient (Wildman–Crippen LogP) is 19.9. The van der Waals surface area contributed by atoms with Gasteiger partial charge in [-0.25, -0.2) is 0 Å². The Balaban J connectivity index is 4.33. The van der Waals surface area contributed by atoms with Crippen molar-refractivity contribution in [2.45, 2.75) is 290 Å². The zero-order valence-electron chi connectivity index (χ0n) is 46.0. The van der Waals surface area contributed by atoms with Crippen LogP contribution in [0.2, 0.25) is 0 Å². The van der Waals surface area contributed by atoms with Crippen molar-refractivity contribution in [2.75, 3.05) is 13.2 Å². The largest absolute Gasteiger partial charge is 0.462 e. The van der Waals surface area contributed by atoms with Crippen LogP contribution >= 0.6 is 0 Å². The van der Waals surface area contributed by atoms with Gasteiger partial charge in [-0.15, -0.1) is 0 Å². The van der Waals surface area contributed by atoms with E-state index in [4.69, 9.17) is 14.2 Å². The number of esters is 3. The smallest absolute Gasteiger partial charge is 0.306 e. The summed E-state index contributed by atoms with van der Waals surface area (Å²) in [5.41, 5.74) is 0. The third kappa shape index (κ3) is 55.5. The molecule has 0 radical (unpaired) electrons. The molecule has 0 heterocycles. The molecule has 1 unspecified atom stereocenters. The maximum Gasteiger partial charge on any atom is 0.306 e. The van der Waals surface area contributed by atoms with Gasteiger partial charge in [0.05, 0.1) is 0 Å². The van der Waals surface area contributed by atoms with Crippen LogP contribution in [-0.2, 0) is 28.6 Å². The molecule has 70 heavy (non-hydrogen) atoms. The van der Waals surface area contributed by atoms with Crippen molar-refractivity contribution in [3.63, 3.8) is 0 Å². The minimum atomic E-state index is -0.793.